The molecule has 2 unspecified atom stereocenters. The monoisotopic (exact) mass is 226 g/mol. The zero-order valence-corrected chi connectivity index (χ0v) is 8.76. The summed E-state index contributed by atoms with van der Waals surface area (Å²) in [4.78, 5) is 25.5. The molecule has 6 nitrogen and oxygen atoms in total. The molecule has 0 spiro atoms. The first kappa shape index (κ1) is 11.1. The van der Waals surface area contributed by atoms with Crippen LogP contribution in [0.25, 0.3) is 0 Å². The third-order valence-corrected chi connectivity index (χ3v) is 2.71. The van der Waals surface area contributed by atoms with Crippen molar-refractivity contribution in [1.29, 1.82) is 0 Å². The van der Waals surface area contributed by atoms with Gasteiger partial charge in [-0.25, -0.2) is 9.36 Å². The average molecular weight is 226 g/mol. The summed E-state index contributed by atoms with van der Waals surface area (Å²) in [7, 11) is 0. The number of aliphatic hydroxyl groups is 1. The van der Waals surface area contributed by atoms with Gasteiger partial charge in [-0.15, -0.1) is 0 Å². The summed E-state index contributed by atoms with van der Waals surface area (Å²) in [5, 5.41) is 9.00. The van der Waals surface area contributed by atoms with Crippen molar-refractivity contribution in [2.24, 2.45) is 0 Å². The first-order valence-electron chi connectivity index (χ1n) is 5.29. The van der Waals surface area contributed by atoms with Crippen molar-refractivity contribution < 1.29 is 9.84 Å². The summed E-state index contributed by atoms with van der Waals surface area (Å²) < 4.78 is 6.53. The fourth-order valence-corrected chi connectivity index (χ4v) is 1.91. The molecule has 6 heteroatoms. The number of aromatic nitrogens is 2. The number of aliphatic hydroxyl groups excluding tert-OH is 1. The van der Waals surface area contributed by atoms with Crippen molar-refractivity contribution >= 4 is 0 Å². The number of ether oxygens (including phenoxy) is 1. The van der Waals surface area contributed by atoms with Crippen LogP contribution < -0.4 is 11.2 Å². The topological polar surface area (TPSA) is 84.3 Å². The Balaban J connectivity index is 2.30. The Labute approximate surface area is 91.5 Å². The lowest BCUT2D eigenvalue weighted by Gasteiger charge is -2.29. The van der Waals surface area contributed by atoms with Gasteiger partial charge in [0.1, 0.15) is 6.23 Å². The molecule has 2 rings (SSSR count). The molecule has 1 saturated heterocycles. The minimum absolute atomic E-state index is 0.0873. The zero-order valence-electron chi connectivity index (χ0n) is 8.76. The third-order valence-electron chi connectivity index (χ3n) is 2.71. The van der Waals surface area contributed by atoms with Crippen LogP contribution in [0.15, 0.2) is 21.9 Å². The maximum Gasteiger partial charge on any atom is 0.330 e. The Kier molecular flexibility index (Phi) is 3.21. The van der Waals surface area contributed by atoms with Gasteiger partial charge in [-0.3, -0.25) is 4.79 Å². The second kappa shape index (κ2) is 4.63. The largest absolute Gasteiger partial charge is 0.394 e. The molecule has 1 aliphatic rings. The number of nitrogens with one attached hydrogen (secondary N) is 1. The highest BCUT2D eigenvalue weighted by Crippen LogP contribution is 2.24. The van der Waals surface area contributed by atoms with Gasteiger partial charge in [-0.2, -0.15) is 0 Å². The van der Waals surface area contributed by atoms with E-state index in [9.17, 15) is 9.59 Å². The van der Waals surface area contributed by atoms with Gasteiger partial charge < -0.3 is 14.8 Å². The summed E-state index contributed by atoms with van der Waals surface area (Å²) in [6.07, 6.45) is 2.66. The summed E-state index contributed by atoms with van der Waals surface area (Å²) in [5.74, 6) is 0. The maximum absolute atomic E-state index is 11.5. The predicted octanol–water partition coefficient (Wildman–Crippen LogP) is -0.403. The van der Waals surface area contributed by atoms with Gasteiger partial charge in [-0.1, -0.05) is 0 Å². The molecule has 1 aromatic rings. The molecule has 0 bridgehead atoms. The SMILES string of the molecule is O=c1cc[nH]c(=O)n1C1CCCC(CO)O1. The average Bonchev–Trinajstić information content (AvgIpc) is 2.29. The molecule has 16 heavy (non-hydrogen) atoms. The Morgan fingerprint density at radius 2 is 2.31 bits per heavy atom. The number of hydrogen-bond acceptors (Lipinski definition) is 4. The molecule has 2 heterocycles. The molecule has 0 aromatic carbocycles. The van der Waals surface area contributed by atoms with Crippen LogP contribution in [-0.4, -0.2) is 27.4 Å². The van der Waals surface area contributed by atoms with Crippen molar-refractivity contribution in [3.05, 3.63) is 33.1 Å². The number of nitrogens with zero attached hydrogens (tertiary/aromatic N) is 1. The van der Waals surface area contributed by atoms with Crippen LogP contribution in [0.3, 0.4) is 0 Å². The van der Waals surface area contributed by atoms with Gasteiger partial charge in [-0.05, 0) is 19.3 Å². The summed E-state index contributed by atoms with van der Waals surface area (Å²) in [6, 6.07) is 1.29. The zero-order chi connectivity index (χ0) is 11.5. The molecule has 2 atom stereocenters. The number of aromatic amines is 1. The Hall–Kier alpha value is -1.40. The molecule has 1 fully saturated rings. The van der Waals surface area contributed by atoms with E-state index >= 15 is 0 Å². The second-order valence-electron chi connectivity index (χ2n) is 3.82. The molecule has 0 aliphatic carbocycles. The normalized spacial score (nSPS) is 25.6. The maximum atomic E-state index is 11.5. The summed E-state index contributed by atoms with van der Waals surface area (Å²) >= 11 is 0. The Morgan fingerprint density at radius 1 is 1.50 bits per heavy atom. The van der Waals surface area contributed by atoms with E-state index in [0.717, 1.165) is 17.4 Å². The van der Waals surface area contributed by atoms with Crippen LogP contribution in [0.5, 0.6) is 0 Å². The lowest BCUT2D eigenvalue weighted by atomic mass is 10.1. The van der Waals surface area contributed by atoms with E-state index in [1.54, 1.807) is 0 Å². The van der Waals surface area contributed by atoms with E-state index in [1.165, 1.54) is 12.3 Å². The summed E-state index contributed by atoms with van der Waals surface area (Å²) in [5.41, 5.74) is -0.858. The molecule has 0 saturated carbocycles. The van der Waals surface area contributed by atoms with Gasteiger partial charge in [0.25, 0.3) is 5.56 Å². The van der Waals surface area contributed by atoms with Gasteiger partial charge >= 0.3 is 5.69 Å². The molecular formula is C10H14N2O4. The smallest absolute Gasteiger partial charge is 0.330 e. The fraction of sp³-hybridized carbons (Fsp3) is 0.600. The van der Waals surface area contributed by atoms with Crippen molar-refractivity contribution in [2.45, 2.75) is 31.6 Å². The summed E-state index contributed by atoms with van der Waals surface area (Å²) in [6.45, 7) is -0.0873. The van der Waals surface area contributed by atoms with E-state index < -0.39 is 11.9 Å². The highest BCUT2D eigenvalue weighted by Gasteiger charge is 2.24. The highest BCUT2D eigenvalue weighted by atomic mass is 16.5. The highest BCUT2D eigenvalue weighted by molar-refractivity contribution is 4.85. The third kappa shape index (κ3) is 2.07. The molecule has 1 aliphatic heterocycles. The number of rotatable bonds is 2. The van der Waals surface area contributed by atoms with Crippen molar-refractivity contribution in [3.8, 4) is 0 Å². The first-order valence-corrected chi connectivity index (χ1v) is 5.29. The molecule has 0 radical (unpaired) electrons. The van der Waals surface area contributed by atoms with Crippen molar-refractivity contribution in [1.82, 2.24) is 9.55 Å². The number of hydrogen-bond donors (Lipinski definition) is 2. The minimum atomic E-state index is -0.566. The first-order chi connectivity index (χ1) is 7.72. The molecule has 0 amide bonds. The van der Waals surface area contributed by atoms with Crippen LogP contribution in [0.1, 0.15) is 25.5 Å². The minimum Gasteiger partial charge on any atom is -0.394 e. The lowest BCUT2D eigenvalue weighted by Crippen LogP contribution is -2.41. The molecule has 88 valence electrons. The van der Waals surface area contributed by atoms with Crippen molar-refractivity contribution in [2.75, 3.05) is 6.61 Å². The molecular weight excluding hydrogens is 212 g/mol. The van der Waals surface area contributed by atoms with Gasteiger partial charge in [0, 0.05) is 12.3 Å². The van der Waals surface area contributed by atoms with Gasteiger partial charge in [0.05, 0.1) is 12.7 Å². The Bertz CT molecular complexity index is 436. The Morgan fingerprint density at radius 3 is 3.00 bits per heavy atom. The lowest BCUT2D eigenvalue weighted by molar-refractivity contribution is -0.110. The van der Waals surface area contributed by atoms with Crippen LogP contribution in [0.4, 0.5) is 0 Å². The second-order valence-corrected chi connectivity index (χ2v) is 3.82. The standard InChI is InChI=1S/C10H14N2O4/c13-6-7-2-1-3-9(16-7)12-8(14)4-5-11-10(12)15/h4-5,7,9,13H,1-3,6H2,(H,11,15). The van der Waals surface area contributed by atoms with Crippen LogP contribution >= 0.6 is 0 Å². The molecule has 2 N–H and O–H groups in total. The van der Waals surface area contributed by atoms with E-state index in [1.807, 2.05) is 0 Å². The van der Waals surface area contributed by atoms with Crippen LogP contribution in [0.2, 0.25) is 0 Å². The number of H-pyrrole nitrogens is 1. The fourth-order valence-electron chi connectivity index (χ4n) is 1.91. The quantitative estimate of drug-likeness (QED) is 0.718. The predicted molar refractivity (Wildman–Crippen MR) is 56.2 cm³/mol. The van der Waals surface area contributed by atoms with Gasteiger partial charge in [0.15, 0.2) is 0 Å². The van der Waals surface area contributed by atoms with E-state index in [0.29, 0.717) is 6.42 Å². The van der Waals surface area contributed by atoms with E-state index in [2.05, 4.69) is 4.98 Å². The van der Waals surface area contributed by atoms with Crippen LogP contribution in [-0.2, 0) is 4.74 Å². The molecule has 1 aromatic heterocycles. The van der Waals surface area contributed by atoms with Gasteiger partial charge in [0.2, 0.25) is 0 Å². The van der Waals surface area contributed by atoms with E-state index in [-0.39, 0.29) is 18.3 Å². The van der Waals surface area contributed by atoms with Crippen molar-refractivity contribution in [3.63, 3.8) is 0 Å². The van der Waals surface area contributed by atoms with Crippen LogP contribution in [0, 0.1) is 0 Å². The van der Waals surface area contributed by atoms with E-state index in [4.69, 9.17) is 9.84 Å².